The third-order valence-electron chi connectivity index (χ3n) is 1.16. The van der Waals surface area contributed by atoms with Crippen molar-refractivity contribution in [2.75, 3.05) is 0 Å². The average molecular weight is 152 g/mol. The van der Waals surface area contributed by atoms with E-state index in [-0.39, 0.29) is 0 Å². The Morgan fingerprint density at radius 3 is 1.00 bits per heavy atom. The smallest absolute Gasteiger partial charge is 0.340 e. The summed E-state index contributed by atoms with van der Waals surface area (Å²) >= 11 is 0. The molecule has 0 amide bonds. The minimum absolute atomic E-state index is 1.33. The Morgan fingerprint density at radius 2 is 1.00 bits per heavy atom. The zero-order chi connectivity index (χ0) is 7.00. The van der Waals surface area contributed by atoms with Gasteiger partial charge in [-0.2, -0.15) is 0 Å². The molecule has 0 saturated carbocycles. The monoisotopic (exact) mass is 152 g/mol. The molecule has 0 rings (SSSR count). The molecule has 0 aliphatic carbocycles. The van der Waals surface area contributed by atoms with E-state index in [2.05, 4.69) is 0 Å². The maximum Gasteiger partial charge on any atom is 0.340 e. The Bertz CT molecular complexity index is 67.5. The van der Waals surface area contributed by atoms with Gasteiger partial charge in [0.25, 0.3) is 0 Å². The number of hydrogen-bond donors (Lipinski definition) is 3. The summed E-state index contributed by atoms with van der Waals surface area (Å²) in [4.78, 5) is 26.8. The first-order valence-electron chi connectivity index (χ1n) is 2.42. The van der Waals surface area contributed by atoms with E-state index in [0.717, 1.165) is 0 Å². The van der Waals surface area contributed by atoms with Gasteiger partial charge in [-0.05, 0) is 19.6 Å². The summed E-state index contributed by atoms with van der Waals surface area (Å²) in [6.45, 7) is 4.39. The highest BCUT2D eigenvalue weighted by atomic mass is 29.3. The van der Waals surface area contributed by atoms with Crippen LogP contribution in [0.3, 0.4) is 0 Å². The highest BCUT2D eigenvalue weighted by Gasteiger charge is 2.43. The van der Waals surface area contributed by atoms with Crippen LogP contribution in [0.5, 0.6) is 0 Å². The number of hydrogen-bond acceptors (Lipinski definition) is 3. The van der Waals surface area contributed by atoms with E-state index in [9.17, 15) is 0 Å². The van der Waals surface area contributed by atoms with Crippen LogP contribution in [0.2, 0.25) is 19.6 Å². The molecule has 50 valence electrons. The third kappa shape index (κ3) is 2.06. The van der Waals surface area contributed by atoms with Crippen LogP contribution >= 0.6 is 0 Å². The predicted molar refractivity (Wildman–Crippen MR) is 35.8 cm³/mol. The Balaban J connectivity index is 4.02. The van der Waals surface area contributed by atoms with Gasteiger partial charge in [0.1, 0.15) is 0 Å². The largest absolute Gasteiger partial charge is 0.429 e. The molecule has 0 atom stereocenters. The summed E-state index contributed by atoms with van der Waals surface area (Å²) in [5.41, 5.74) is 0. The molecular formula is C3H12O3Si2. The van der Waals surface area contributed by atoms with Crippen molar-refractivity contribution in [3.05, 3.63) is 0 Å². The van der Waals surface area contributed by atoms with Gasteiger partial charge in [0, 0.05) is 0 Å². The molecule has 0 radical (unpaired) electrons. The van der Waals surface area contributed by atoms with Crippen LogP contribution in [-0.2, 0) is 0 Å². The molecule has 5 heteroatoms. The first-order chi connectivity index (χ1) is 3.25. The van der Waals surface area contributed by atoms with Crippen LogP contribution < -0.4 is 0 Å². The average Bonchev–Trinajstić information content (AvgIpc) is 1.25. The van der Waals surface area contributed by atoms with Crippen molar-refractivity contribution in [3.8, 4) is 0 Å². The maximum atomic E-state index is 9.05. The van der Waals surface area contributed by atoms with Crippen LogP contribution in [0, 0.1) is 0 Å². The highest BCUT2D eigenvalue weighted by Crippen LogP contribution is 2.07. The van der Waals surface area contributed by atoms with Crippen molar-refractivity contribution in [3.63, 3.8) is 0 Å². The van der Waals surface area contributed by atoms with E-state index in [1.54, 1.807) is 0 Å². The van der Waals surface area contributed by atoms with Gasteiger partial charge in [0.2, 0.25) is 7.83 Å². The van der Waals surface area contributed by atoms with Crippen LogP contribution in [-0.4, -0.2) is 30.3 Å². The summed E-state index contributed by atoms with van der Waals surface area (Å²) in [6.07, 6.45) is 0. The van der Waals surface area contributed by atoms with Gasteiger partial charge in [0.05, 0.1) is 0 Å². The molecule has 0 aromatic rings. The van der Waals surface area contributed by atoms with Crippen molar-refractivity contribution in [2.24, 2.45) is 0 Å². The van der Waals surface area contributed by atoms with Crippen molar-refractivity contribution < 1.29 is 14.4 Å². The molecule has 0 saturated heterocycles. The van der Waals surface area contributed by atoms with Gasteiger partial charge in [-0.25, -0.2) is 0 Å². The lowest BCUT2D eigenvalue weighted by Gasteiger charge is -2.23. The Kier molecular flexibility index (Phi) is 2.00. The van der Waals surface area contributed by atoms with E-state index in [4.69, 9.17) is 14.4 Å². The molecule has 8 heavy (non-hydrogen) atoms. The van der Waals surface area contributed by atoms with Crippen molar-refractivity contribution in [1.82, 2.24) is 0 Å². The molecule has 0 bridgehead atoms. The van der Waals surface area contributed by atoms with Crippen LogP contribution in [0.4, 0.5) is 0 Å². The fraction of sp³-hybridized carbons (Fsp3) is 1.00. The zero-order valence-electron chi connectivity index (χ0n) is 5.34. The molecule has 0 aromatic heterocycles. The molecule has 0 aliphatic rings. The summed E-state index contributed by atoms with van der Waals surface area (Å²) in [5, 5.41) is 0. The SMILES string of the molecule is C[Si](C)(O)[Si](C)(O)O. The van der Waals surface area contributed by atoms with Gasteiger partial charge in [0.15, 0.2) is 0 Å². The lowest BCUT2D eigenvalue weighted by atomic mass is 11.9. The van der Waals surface area contributed by atoms with Crippen molar-refractivity contribution in [2.45, 2.75) is 19.6 Å². The Morgan fingerprint density at radius 1 is 0.875 bits per heavy atom. The molecule has 0 spiro atoms. The highest BCUT2D eigenvalue weighted by molar-refractivity contribution is 7.31. The van der Waals surface area contributed by atoms with E-state index in [1.165, 1.54) is 19.6 Å². The van der Waals surface area contributed by atoms with E-state index < -0.39 is 15.9 Å². The number of rotatable bonds is 1. The lowest BCUT2D eigenvalue weighted by molar-refractivity contribution is 0.380. The van der Waals surface area contributed by atoms with Gasteiger partial charge < -0.3 is 14.4 Å². The molecule has 3 nitrogen and oxygen atoms in total. The lowest BCUT2D eigenvalue weighted by Crippen LogP contribution is -2.57. The second-order valence-corrected chi connectivity index (χ2v) is 14.3. The summed E-state index contributed by atoms with van der Waals surface area (Å²) in [6, 6.07) is 0. The molecular weight excluding hydrogens is 140 g/mol. The quantitative estimate of drug-likeness (QED) is 0.436. The van der Waals surface area contributed by atoms with Crippen LogP contribution in [0.15, 0.2) is 0 Å². The summed E-state index contributed by atoms with van der Waals surface area (Å²) < 4.78 is 0. The molecule has 0 aliphatic heterocycles. The molecule has 0 fully saturated rings. The fourth-order valence-corrected chi connectivity index (χ4v) is 0. The van der Waals surface area contributed by atoms with Gasteiger partial charge in [-0.3, -0.25) is 0 Å². The second-order valence-electron chi connectivity index (χ2n) is 2.58. The molecule has 0 unspecified atom stereocenters. The first kappa shape index (κ1) is 8.31. The van der Waals surface area contributed by atoms with Gasteiger partial charge >= 0.3 is 8.08 Å². The molecule has 0 heterocycles. The minimum Gasteiger partial charge on any atom is -0.429 e. The topological polar surface area (TPSA) is 60.7 Å². The first-order valence-corrected chi connectivity index (χ1v) is 8.76. The molecule has 0 aromatic carbocycles. The van der Waals surface area contributed by atoms with E-state index in [1.807, 2.05) is 0 Å². The Labute approximate surface area is 50.8 Å². The van der Waals surface area contributed by atoms with Crippen LogP contribution in [0.25, 0.3) is 0 Å². The second kappa shape index (κ2) is 1.92. The maximum absolute atomic E-state index is 9.05. The minimum atomic E-state index is -3.16. The summed E-state index contributed by atoms with van der Waals surface area (Å²) in [7, 11) is -5.77. The predicted octanol–water partition coefficient (Wildman–Crippen LogP) is -0.681. The van der Waals surface area contributed by atoms with E-state index >= 15 is 0 Å². The summed E-state index contributed by atoms with van der Waals surface area (Å²) in [5.74, 6) is 0. The van der Waals surface area contributed by atoms with E-state index in [0.29, 0.717) is 0 Å². The van der Waals surface area contributed by atoms with Gasteiger partial charge in [-0.1, -0.05) is 0 Å². The fourth-order valence-electron chi connectivity index (χ4n) is 0. The standard InChI is InChI=1S/C3H12O3Si2/c1-7(2,4)8(3,5)6/h4-6H,1-3H3. The van der Waals surface area contributed by atoms with Crippen LogP contribution in [0.1, 0.15) is 0 Å². The zero-order valence-corrected chi connectivity index (χ0v) is 7.34. The molecule has 3 N–H and O–H groups in total. The Hall–Kier alpha value is 0.314. The normalized spacial score (nSPS) is 14.2. The third-order valence-corrected chi connectivity index (χ3v) is 10.4. The van der Waals surface area contributed by atoms with Crippen molar-refractivity contribution in [1.29, 1.82) is 0 Å². The van der Waals surface area contributed by atoms with Crippen molar-refractivity contribution >= 4 is 15.9 Å². The van der Waals surface area contributed by atoms with Gasteiger partial charge in [-0.15, -0.1) is 0 Å².